The van der Waals surface area contributed by atoms with Gasteiger partial charge in [0.25, 0.3) is 0 Å². The minimum Gasteiger partial charge on any atom is -0.336 e. The molecule has 0 aromatic heterocycles. The zero-order valence-electron chi connectivity index (χ0n) is 25.8. The summed E-state index contributed by atoms with van der Waals surface area (Å²) < 4.78 is 43.6. The Hall–Kier alpha value is -4.81. The Kier molecular flexibility index (Phi) is 6.85. The number of rotatable bonds is 3. The van der Waals surface area contributed by atoms with E-state index < -0.39 is 17.2 Å². The first-order chi connectivity index (χ1) is 22.7. The third-order valence-corrected chi connectivity index (χ3v) is 10.5. The van der Waals surface area contributed by atoms with Gasteiger partial charge >= 0.3 is 6.18 Å². The van der Waals surface area contributed by atoms with E-state index >= 15 is 0 Å². The molecule has 0 fully saturated rings. The fourth-order valence-electron chi connectivity index (χ4n) is 7.79. The molecular formula is C41H30BrF3N2. The Morgan fingerprint density at radius 3 is 1.66 bits per heavy atom. The summed E-state index contributed by atoms with van der Waals surface area (Å²) in [5.74, 6) is 0. The van der Waals surface area contributed by atoms with Gasteiger partial charge in [-0.1, -0.05) is 113 Å². The number of aryl methyl sites for hydroxylation is 2. The normalized spacial score (nSPS) is 14.3. The molecule has 2 aliphatic rings. The van der Waals surface area contributed by atoms with Crippen LogP contribution >= 0.6 is 15.9 Å². The average Bonchev–Trinajstić information content (AvgIpc) is 3.07. The zero-order chi connectivity index (χ0) is 32.5. The van der Waals surface area contributed by atoms with E-state index in [1.165, 1.54) is 12.1 Å². The summed E-state index contributed by atoms with van der Waals surface area (Å²) in [6, 6.07) is 44.2. The average molecular weight is 688 g/mol. The van der Waals surface area contributed by atoms with Crippen molar-refractivity contribution in [2.75, 3.05) is 9.80 Å². The highest BCUT2D eigenvalue weighted by Crippen LogP contribution is 2.63. The van der Waals surface area contributed by atoms with Gasteiger partial charge in [-0.2, -0.15) is 13.2 Å². The molecule has 0 saturated carbocycles. The SMILES string of the molecule is Cc1ccccc1N1c2ccccc2C2(c3ccccc3N(Cc3c(Br)cccc3C(F)(F)F)c3ccccc32)c2cccc(C)c21. The molecule has 6 aromatic rings. The van der Waals surface area contributed by atoms with Crippen molar-refractivity contribution in [1.29, 1.82) is 0 Å². The fourth-order valence-corrected chi connectivity index (χ4v) is 8.29. The van der Waals surface area contributed by atoms with E-state index in [0.29, 0.717) is 4.47 Å². The van der Waals surface area contributed by atoms with Gasteiger partial charge in [-0.05, 0) is 89.2 Å². The van der Waals surface area contributed by atoms with Gasteiger partial charge in [0.05, 0.1) is 22.4 Å². The molecule has 1 spiro atoms. The molecule has 47 heavy (non-hydrogen) atoms. The molecule has 0 atom stereocenters. The van der Waals surface area contributed by atoms with Crippen molar-refractivity contribution < 1.29 is 13.2 Å². The molecule has 0 aliphatic carbocycles. The van der Waals surface area contributed by atoms with Gasteiger partial charge in [0.1, 0.15) is 0 Å². The maximum Gasteiger partial charge on any atom is 0.416 e. The molecule has 0 amide bonds. The molecule has 0 unspecified atom stereocenters. The Balaban J connectivity index is 1.46. The monoisotopic (exact) mass is 686 g/mol. The molecule has 2 heterocycles. The van der Waals surface area contributed by atoms with Gasteiger partial charge in [0.2, 0.25) is 0 Å². The van der Waals surface area contributed by atoms with Crippen LogP contribution in [0.4, 0.5) is 41.6 Å². The van der Waals surface area contributed by atoms with E-state index in [9.17, 15) is 13.2 Å². The minimum atomic E-state index is -4.49. The highest BCUT2D eigenvalue weighted by atomic mass is 79.9. The van der Waals surface area contributed by atoms with E-state index in [0.717, 1.165) is 61.8 Å². The van der Waals surface area contributed by atoms with Crippen LogP contribution in [-0.4, -0.2) is 0 Å². The highest BCUT2D eigenvalue weighted by Gasteiger charge is 2.52. The predicted octanol–water partition coefficient (Wildman–Crippen LogP) is 11.9. The molecule has 0 radical (unpaired) electrons. The molecule has 8 rings (SSSR count). The quantitative estimate of drug-likeness (QED) is 0.182. The van der Waals surface area contributed by atoms with Crippen molar-refractivity contribution in [3.63, 3.8) is 0 Å². The maximum absolute atomic E-state index is 14.4. The Morgan fingerprint density at radius 2 is 1.04 bits per heavy atom. The summed E-state index contributed by atoms with van der Waals surface area (Å²) in [6.45, 7) is 4.34. The van der Waals surface area contributed by atoms with Gasteiger partial charge in [0, 0.05) is 28.1 Å². The Bertz CT molecular complexity index is 2140. The summed E-state index contributed by atoms with van der Waals surface area (Å²) >= 11 is 3.47. The first-order valence-corrected chi connectivity index (χ1v) is 16.4. The van der Waals surface area contributed by atoms with Crippen LogP contribution < -0.4 is 9.80 Å². The summed E-state index contributed by atoms with van der Waals surface area (Å²) in [7, 11) is 0. The number of nitrogens with zero attached hydrogens (tertiary/aromatic N) is 2. The minimum absolute atomic E-state index is 0.0397. The van der Waals surface area contributed by atoms with Crippen LogP contribution in [0.2, 0.25) is 0 Å². The number of anilines is 5. The number of hydrogen-bond donors (Lipinski definition) is 0. The van der Waals surface area contributed by atoms with Crippen molar-refractivity contribution in [2.45, 2.75) is 32.0 Å². The fraction of sp³-hybridized carbons (Fsp3) is 0.122. The van der Waals surface area contributed by atoms with Gasteiger partial charge in [-0.3, -0.25) is 0 Å². The number of alkyl halides is 3. The van der Waals surface area contributed by atoms with Crippen LogP contribution in [0.1, 0.15) is 44.5 Å². The number of hydrogen-bond acceptors (Lipinski definition) is 2. The van der Waals surface area contributed by atoms with Crippen LogP contribution in [0, 0.1) is 13.8 Å². The highest BCUT2D eigenvalue weighted by molar-refractivity contribution is 9.10. The van der Waals surface area contributed by atoms with Crippen LogP contribution in [0.5, 0.6) is 0 Å². The lowest BCUT2D eigenvalue weighted by Gasteiger charge is -2.51. The molecule has 6 aromatic carbocycles. The largest absolute Gasteiger partial charge is 0.416 e. The molecule has 6 heteroatoms. The van der Waals surface area contributed by atoms with E-state index in [-0.39, 0.29) is 12.1 Å². The smallest absolute Gasteiger partial charge is 0.336 e. The number of fused-ring (bicyclic) bond motifs is 8. The van der Waals surface area contributed by atoms with Crippen molar-refractivity contribution in [1.82, 2.24) is 0 Å². The van der Waals surface area contributed by atoms with E-state index in [1.807, 2.05) is 36.4 Å². The molecule has 2 nitrogen and oxygen atoms in total. The van der Waals surface area contributed by atoms with Crippen LogP contribution in [0.15, 0.2) is 138 Å². The summed E-state index contributed by atoms with van der Waals surface area (Å²) in [5.41, 5.74) is 10.5. The van der Waals surface area contributed by atoms with Gasteiger partial charge in [-0.15, -0.1) is 0 Å². The lowest BCUT2D eigenvalue weighted by Crippen LogP contribution is -2.43. The van der Waals surface area contributed by atoms with E-state index in [4.69, 9.17) is 0 Å². The second-order valence-corrected chi connectivity index (χ2v) is 13.1. The maximum atomic E-state index is 14.4. The van der Waals surface area contributed by atoms with Crippen molar-refractivity contribution in [3.8, 4) is 0 Å². The second-order valence-electron chi connectivity index (χ2n) is 12.2. The Morgan fingerprint density at radius 1 is 0.553 bits per heavy atom. The van der Waals surface area contributed by atoms with Crippen LogP contribution in [0.3, 0.4) is 0 Å². The van der Waals surface area contributed by atoms with Crippen molar-refractivity contribution in [3.05, 3.63) is 182 Å². The lowest BCUT2D eigenvalue weighted by atomic mass is 9.60. The summed E-state index contributed by atoms with van der Waals surface area (Å²) in [5, 5.41) is 0. The molecule has 2 aliphatic heterocycles. The van der Waals surface area contributed by atoms with Gasteiger partial charge < -0.3 is 9.80 Å². The molecular weight excluding hydrogens is 657 g/mol. The topological polar surface area (TPSA) is 6.48 Å². The molecule has 232 valence electrons. The molecule has 0 bridgehead atoms. The van der Waals surface area contributed by atoms with Gasteiger partial charge in [-0.25, -0.2) is 0 Å². The van der Waals surface area contributed by atoms with Crippen LogP contribution in [-0.2, 0) is 18.1 Å². The van der Waals surface area contributed by atoms with Gasteiger partial charge in [0.15, 0.2) is 0 Å². The van der Waals surface area contributed by atoms with E-state index in [2.05, 4.69) is 118 Å². The first-order valence-electron chi connectivity index (χ1n) is 15.6. The molecule has 0 N–H and O–H groups in total. The van der Waals surface area contributed by atoms with Crippen molar-refractivity contribution in [2.24, 2.45) is 0 Å². The number of para-hydroxylation sites is 5. The summed E-state index contributed by atoms with van der Waals surface area (Å²) in [6.07, 6.45) is -4.49. The third-order valence-electron chi connectivity index (χ3n) is 9.71. The zero-order valence-corrected chi connectivity index (χ0v) is 27.4. The number of halogens is 4. The number of benzene rings is 6. The first kappa shape index (κ1) is 29.6. The van der Waals surface area contributed by atoms with Crippen LogP contribution in [0.25, 0.3) is 0 Å². The standard InChI is InChI=1S/C41H30BrF3N2/c1-26-13-3-7-21-35(26)47-38-24-10-6-17-32(38)40(33-19-11-14-27(2)39(33)47)30-15-4-8-22-36(30)46(37-23-9-5-16-31(37)40)25-28-29(41(43,44)45)18-12-20-34(28)42/h3-24H,25H2,1-2H3. The lowest BCUT2D eigenvalue weighted by molar-refractivity contribution is -0.138. The Labute approximate surface area is 280 Å². The predicted molar refractivity (Wildman–Crippen MR) is 187 cm³/mol. The second kappa shape index (κ2) is 10.9. The van der Waals surface area contributed by atoms with Crippen molar-refractivity contribution >= 4 is 44.4 Å². The molecule has 0 saturated heterocycles. The summed E-state index contributed by atoms with van der Waals surface area (Å²) in [4.78, 5) is 4.44. The van der Waals surface area contributed by atoms with E-state index in [1.54, 1.807) is 6.07 Å². The third kappa shape index (κ3) is 4.31.